The average molecular weight is 189 g/mol. The number of methoxy groups -OCH3 is 1. The van der Waals surface area contributed by atoms with E-state index in [2.05, 4.69) is 4.74 Å². The van der Waals surface area contributed by atoms with E-state index in [-0.39, 0.29) is 11.6 Å². The Balaban J connectivity index is 4.52. The van der Waals surface area contributed by atoms with E-state index >= 15 is 0 Å². The van der Waals surface area contributed by atoms with Gasteiger partial charge in [-0.05, 0) is 13.8 Å². The molecule has 0 saturated carbocycles. The third kappa shape index (κ3) is 3.68. The lowest BCUT2D eigenvalue weighted by molar-refractivity contribution is -0.137. The summed E-state index contributed by atoms with van der Waals surface area (Å²) in [6.07, 6.45) is 0. The number of ether oxygens (including phenoxy) is 3. The van der Waals surface area contributed by atoms with Gasteiger partial charge in [-0.15, -0.1) is 0 Å². The molecule has 0 aromatic heterocycles. The minimum Gasteiger partial charge on any atom is -0.464 e. The molecule has 0 aliphatic heterocycles. The third-order valence-corrected chi connectivity index (χ3v) is 1.18. The summed E-state index contributed by atoms with van der Waals surface area (Å²) in [5, 5.41) is 0. The van der Waals surface area contributed by atoms with E-state index in [4.69, 9.17) is 15.2 Å². The Morgan fingerprint density at radius 1 is 1.23 bits per heavy atom. The molecule has 0 unspecified atom stereocenters. The van der Waals surface area contributed by atoms with E-state index in [9.17, 15) is 4.79 Å². The maximum absolute atomic E-state index is 10.9. The topological polar surface area (TPSA) is 70.8 Å². The van der Waals surface area contributed by atoms with Crippen LogP contribution < -0.4 is 5.73 Å². The maximum Gasteiger partial charge on any atom is 0.361 e. The third-order valence-electron chi connectivity index (χ3n) is 1.18. The highest BCUT2D eigenvalue weighted by Crippen LogP contribution is 2.04. The summed E-state index contributed by atoms with van der Waals surface area (Å²) in [7, 11) is 1.24. The van der Waals surface area contributed by atoms with Gasteiger partial charge in [-0.2, -0.15) is 0 Å². The molecule has 5 nitrogen and oxygen atoms in total. The Hall–Kier alpha value is -1.39. The Bertz CT molecular complexity index is 192. The molecule has 0 aromatic rings. The van der Waals surface area contributed by atoms with Crippen LogP contribution in [0, 0.1) is 0 Å². The van der Waals surface area contributed by atoms with Gasteiger partial charge in [0.05, 0.1) is 20.3 Å². The lowest BCUT2D eigenvalue weighted by Gasteiger charge is -2.10. The fourth-order valence-corrected chi connectivity index (χ4v) is 0.653. The van der Waals surface area contributed by atoms with Crippen LogP contribution in [-0.4, -0.2) is 26.3 Å². The van der Waals surface area contributed by atoms with E-state index < -0.39 is 5.97 Å². The molecule has 0 fully saturated rings. The molecule has 0 radical (unpaired) electrons. The van der Waals surface area contributed by atoms with Crippen LogP contribution in [0.5, 0.6) is 0 Å². The molecule has 0 spiro atoms. The molecule has 76 valence electrons. The van der Waals surface area contributed by atoms with E-state index in [1.165, 1.54) is 7.11 Å². The van der Waals surface area contributed by atoms with Gasteiger partial charge >= 0.3 is 11.9 Å². The van der Waals surface area contributed by atoms with Crippen LogP contribution in [0.2, 0.25) is 0 Å². The quantitative estimate of drug-likeness (QED) is 0.384. The lowest BCUT2D eigenvalue weighted by atomic mass is 10.5. The van der Waals surface area contributed by atoms with E-state index in [0.29, 0.717) is 13.2 Å². The molecule has 0 rings (SSSR count). The summed E-state index contributed by atoms with van der Waals surface area (Å²) in [5.41, 5.74) is 5.25. The van der Waals surface area contributed by atoms with Crippen molar-refractivity contribution in [3.63, 3.8) is 0 Å². The van der Waals surface area contributed by atoms with Crippen molar-refractivity contribution in [2.24, 2.45) is 5.73 Å². The Labute approximate surface area is 77.4 Å². The standard InChI is InChI=1S/C8H15NO4/c1-4-12-8(13-5-2)6(9)7(10)11-3/h4-5,9H2,1-3H3. The van der Waals surface area contributed by atoms with Crippen molar-refractivity contribution < 1.29 is 19.0 Å². The summed E-state index contributed by atoms with van der Waals surface area (Å²) >= 11 is 0. The predicted molar refractivity (Wildman–Crippen MR) is 46.5 cm³/mol. The zero-order chi connectivity index (χ0) is 10.3. The molecule has 0 aromatic carbocycles. The monoisotopic (exact) mass is 189 g/mol. The lowest BCUT2D eigenvalue weighted by Crippen LogP contribution is -2.18. The minimum atomic E-state index is -0.656. The van der Waals surface area contributed by atoms with Gasteiger partial charge in [0.1, 0.15) is 0 Å². The highest BCUT2D eigenvalue weighted by atomic mass is 16.7. The minimum absolute atomic E-state index is 0.0249. The van der Waals surface area contributed by atoms with Crippen molar-refractivity contribution in [2.45, 2.75) is 13.8 Å². The van der Waals surface area contributed by atoms with Crippen LogP contribution in [-0.2, 0) is 19.0 Å². The molecule has 0 aliphatic rings. The molecule has 2 N–H and O–H groups in total. The second-order valence-corrected chi connectivity index (χ2v) is 2.06. The maximum atomic E-state index is 10.9. The van der Waals surface area contributed by atoms with Gasteiger partial charge in [0.2, 0.25) is 0 Å². The van der Waals surface area contributed by atoms with Crippen molar-refractivity contribution in [1.29, 1.82) is 0 Å². The largest absolute Gasteiger partial charge is 0.464 e. The van der Waals surface area contributed by atoms with E-state index in [0.717, 1.165) is 0 Å². The van der Waals surface area contributed by atoms with Crippen molar-refractivity contribution in [2.75, 3.05) is 20.3 Å². The van der Waals surface area contributed by atoms with Gasteiger partial charge in [0.25, 0.3) is 0 Å². The van der Waals surface area contributed by atoms with E-state index in [1.54, 1.807) is 13.8 Å². The zero-order valence-electron chi connectivity index (χ0n) is 8.12. The van der Waals surface area contributed by atoms with Crippen LogP contribution in [0.4, 0.5) is 0 Å². The second kappa shape index (κ2) is 6.16. The van der Waals surface area contributed by atoms with Crippen LogP contribution in [0.25, 0.3) is 0 Å². The Morgan fingerprint density at radius 2 is 1.69 bits per heavy atom. The Morgan fingerprint density at radius 3 is 2.00 bits per heavy atom. The fraction of sp³-hybridized carbons (Fsp3) is 0.625. The summed E-state index contributed by atoms with van der Waals surface area (Å²) in [4.78, 5) is 10.9. The normalized spacial score (nSPS) is 8.85. The molecule has 0 amide bonds. The second-order valence-electron chi connectivity index (χ2n) is 2.06. The zero-order valence-corrected chi connectivity index (χ0v) is 8.12. The van der Waals surface area contributed by atoms with Crippen molar-refractivity contribution in [1.82, 2.24) is 0 Å². The fourth-order valence-electron chi connectivity index (χ4n) is 0.653. The van der Waals surface area contributed by atoms with Gasteiger partial charge in [0, 0.05) is 0 Å². The summed E-state index contributed by atoms with van der Waals surface area (Å²) in [5.74, 6) is -0.631. The SMILES string of the molecule is CCOC(OCC)=C(N)C(=O)OC. The van der Waals surface area contributed by atoms with Gasteiger partial charge in [-0.1, -0.05) is 0 Å². The number of hydrogen-bond donors (Lipinski definition) is 1. The number of carbonyl (C=O) groups excluding carboxylic acids is 1. The van der Waals surface area contributed by atoms with Crippen LogP contribution in [0.1, 0.15) is 13.8 Å². The molecule has 5 heteroatoms. The van der Waals surface area contributed by atoms with Crippen molar-refractivity contribution in [3.05, 3.63) is 11.6 Å². The molecule has 0 bridgehead atoms. The highest BCUT2D eigenvalue weighted by molar-refractivity contribution is 5.87. The highest BCUT2D eigenvalue weighted by Gasteiger charge is 2.14. The first-order chi connectivity index (χ1) is 6.17. The van der Waals surface area contributed by atoms with E-state index in [1.807, 2.05) is 0 Å². The summed E-state index contributed by atoms with van der Waals surface area (Å²) in [6.45, 7) is 4.30. The molecular weight excluding hydrogens is 174 g/mol. The number of carbonyl (C=O) groups is 1. The molecule has 0 aliphatic carbocycles. The number of rotatable bonds is 5. The smallest absolute Gasteiger partial charge is 0.361 e. The molecule has 0 atom stereocenters. The molecule has 13 heavy (non-hydrogen) atoms. The first-order valence-electron chi connectivity index (χ1n) is 4.00. The number of nitrogens with two attached hydrogens (primary N) is 1. The summed E-state index contributed by atoms with van der Waals surface area (Å²) in [6, 6.07) is 0. The van der Waals surface area contributed by atoms with Crippen LogP contribution in [0.3, 0.4) is 0 Å². The van der Waals surface area contributed by atoms with Crippen molar-refractivity contribution in [3.8, 4) is 0 Å². The van der Waals surface area contributed by atoms with Gasteiger partial charge < -0.3 is 19.9 Å². The Kier molecular flexibility index (Phi) is 5.50. The predicted octanol–water partition coefficient (Wildman–Crippen LogP) is 0.360. The average Bonchev–Trinajstić information content (AvgIpc) is 2.15. The molecular formula is C8H15NO4. The molecule has 0 saturated heterocycles. The first-order valence-corrected chi connectivity index (χ1v) is 4.00. The van der Waals surface area contributed by atoms with Gasteiger partial charge in [0.15, 0.2) is 5.70 Å². The van der Waals surface area contributed by atoms with Gasteiger partial charge in [-0.3, -0.25) is 0 Å². The number of hydrogen-bond acceptors (Lipinski definition) is 5. The van der Waals surface area contributed by atoms with Crippen molar-refractivity contribution >= 4 is 5.97 Å². The van der Waals surface area contributed by atoms with Gasteiger partial charge in [-0.25, -0.2) is 4.79 Å². The molecule has 0 heterocycles. The summed E-state index contributed by atoms with van der Waals surface area (Å²) < 4.78 is 14.4. The first kappa shape index (κ1) is 11.6. The number of esters is 1. The van der Waals surface area contributed by atoms with Crippen LogP contribution >= 0.6 is 0 Å². The van der Waals surface area contributed by atoms with Crippen LogP contribution in [0.15, 0.2) is 11.6 Å².